The van der Waals surface area contributed by atoms with Crippen LogP contribution in [0.1, 0.15) is 0 Å². The van der Waals surface area contributed by atoms with Crippen LogP contribution in [0.2, 0.25) is 0 Å². The molecule has 4 rings (SSSR count). The van der Waals surface area contributed by atoms with Crippen molar-refractivity contribution in [2.45, 2.75) is 6.36 Å². The lowest BCUT2D eigenvalue weighted by atomic mass is 10.1. The fraction of sp³-hybridized carbons (Fsp3) is 0.0476. The Labute approximate surface area is 174 Å². The number of benzene rings is 2. The van der Waals surface area contributed by atoms with E-state index in [0.717, 1.165) is 28.9 Å². The van der Waals surface area contributed by atoms with Crippen molar-refractivity contribution in [1.29, 1.82) is 0 Å². The standard InChI is InChI=1S/C21H16F3N5O2/c22-21(23,24)31-17-10-8-15(9-11-17)28-20(30)27-14-6-4-13(5-7-14)18-3-1-2-16-12-26-19(25)29(16)18/h1-12H,(H2,25,26)(H2,27,28,30). The van der Waals surface area contributed by atoms with Gasteiger partial charge in [0.25, 0.3) is 0 Å². The number of carbonyl (C=O) groups is 1. The summed E-state index contributed by atoms with van der Waals surface area (Å²) in [6, 6.07) is 17.1. The highest BCUT2D eigenvalue weighted by Gasteiger charge is 2.30. The summed E-state index contributed by atoms with van der Waals surface area (Å²) in [6.45, 7) is 0. The summed E-state index contributed by atoms with van der Waals surface area (Å²) >= 11 is 0. The fourth-order valence-electron chi connectivity index (χ4n) is 3.06. The number of anilines is 3. The predicted octanol–water partition coefficient (Wildman–Crippen LogP) is 5.13. The number of imidazole rings is 1. The summed E-state index contributed by atoms with van der Waals surface area (Å²) in [4.78, 5) is 16.3. The van der Waals surface area contributed by atoms with Crippen LogP contribution >= 0.6 is 0 Å². The lowest BCUT2D eigenvalue weighted by molar-refractivity contribution is -0.274. The van der Waals surface area contributed by atoms with Gasteiger partial charge in [-0.3, -0.25) is 4.40 Å². The van der Waals surface area contributed by atoms with Gasteiger partial charge in [-0.15, -0.1) is 13.2 Å². The van der Waals surface area contributed by atoms with E-state index in [0.29, 0.717) is 17.3 Å². The number of aromatic nitrogens is 2. The third-order valence-electron chi connectivity index (χ3n) is 4.36. The van der Waals surface area contributed by atoms with E-state index in [1.165, 1.54) is 12.1 Å². The molecule has 10 heteroatoms. The lowest BCUT2D eigenvalue weighted by Crippen LogP contribution is -2.19. The second-order valence-corrected chi connectivity index (χ2v) is 6.52. The molecule has 31 heavy (non-hydrogen) atoms. The van der Waals surface area contributed by atoms with Gasteiger partial charge in [0.15, 0.2) is 0 Å². The summed E-state index contributed by atoms with van der Waals surface area (Å²) in [5.74, 6) is 0.00132. The number of urea groups is 1. The maximum atomic E-state index is 12.2. The van der Waals surface area contributed by atoms with Crippen molar-refractivity contribution >= 4 is 28.9 Å². The maximum Gasteiger partial charge on any atom is 0.573 e. The molecule has 0 radical (unpaired) electrons. The van der Waals surface area contributed by atoms with Crippen molar-refractivity contribution < 1.29 is 22.7 Å². The number of nitrogens with one attached hydrogen (secondary N) is 2. The van der Waals surface area contributed by atoms with E-state index in [2.05, 4.69) is 20.4 Å². The molecule has 2 aromatic carbocycles. The first-order valence-corrected chi connectivity index (χ1v) is 9.05. The van der Waals surface area contributed by atoms with Crippen LogP contribution in [0.15, 0.2) is 72.9 Å². The Hall–Kier alpha value is -4.21. The minimum Gasteiger partial charge on any atom is -0.406 e. The number of hydrogen-bond donors (Lipinski definition) is 3. The molecule has 7 nitrogen and oxygen atoms in total. The highest BCUT2D eigenvalue weighted by molar-refractivity contribution is 5.99. The van der Waals surface area contributed by atoms with Crippen molar-refractivity contribution in [3.05, 3.63) is 72.9 Å². The van der Waals surface area contributed by atoms with E-state index in [9.17, 15) is 18.0 Å². The van der Waals surface area contributed by atoms with Crippen LogP contribution in [0.4, 0.5) is 35.3 Å². The normalized spacial score (nSPS) is 11.3. The van der Waals surface area contributed by atoms with Crippen LogP contribution in [-0.2, 0) is 0 Å². The third-order valence-corrected chi connectivity index (χ3v) is 4.36. The number of fused-ring (bicyclic) bond motifs is 1. The summed E-state index contributed by atoms with van der Waals surface area (Å²) in [5.41, 5.74) is 9.38. The molecule has 0 saturated heterocycles. The van der Waals surface area contributed by atoms with Gasteiger partial charge in [0, 0.05) is 11.4 Å². The van der Waals surface area contributed by atoms with E-state index in [-0.39, 0.29) is 5.75 Å². The zero-order chi connectivity index (χ0) is 22.0. The average Bonchev–Trinajstić information content (AvgIpc) is 3.10. The van der Waals surface area contributed by atoms with Gasteiger partial charge in [-0.1, -0.05) is 18.2 Å². The van der Waals surface area contributed by atoms with E-state index < -0.39 is 12.4 Å². The lowest BCUT2D eigenvalue weighted by Gasteiger charge is -2.11. The van der Waals surface area contributed by atoms with E-state index in [4.69, 9.17) is 5.73 Å². The van der Waals surface area contributed by atoms with Crippen LogP contribution in [0.25, 0.3) is 16.8 Å². The number of pyridine rings is 1. The number of ether oxygens (including phenoxy) is 1. The minimum atomic E-state index is -4.77. The van der Waals surface area contributed by atoms with Gasteiger partial charge < -0.3 is 21.1 Å². The van der Waals surface area contributed by atoms with Gasteiger partial charge in [-0.2, -0.15) is 0 Å². The molecule has 2 amide bonds. The first-order chi connectivity index (χ1) is 14.8. The van der Waals surface area contributed by atoms with Crippen LogP contribution in [0.5, 0.6) is 5.75 Å². The molecule has 4 N–H and O–H groups in total. The zero-order valence-electron chi connectivity index (χ0n) is 15.9. The summed E-state index contributed by atoms with van der Waals surface area (Å²) in [5, 5.41) is 5.20. The fourth-order valence-corrected chi connectivity index (χ4v) is 3.06. The highest BCUT2D eigenvalue weighted by Crippen LogP contribution is 2.26. The summed E-state index contributed by atoms with van der Waals surface area (Å²) in [6.07, 6.45) is -3.09. The minimum absolute atomic E-state index is 0.311. The molecule has 0 aliphatic carbocycles. The SMILES string of the molecule is Nc1ncc2cccc(-c3ccc(NC(=O)Nc4ccc(OC(F)(F)F)cc4)cc3)n12. The number of carbonyl (C=O) groups excluding carboxylic acids is 1. The Morgan fingerprint density at radius 2 is 1.55 bits per heavy atom. The molecule has 2 aromatic heterocycles. The number of halogens is 3. The quantitative estimate of drug-likeness (QED) is 0.421. The molecule has 0 unspecified atom stereocenters. The molecule has 2 heterocycles. The van der Waals surface area contributed by atoms with Crippen molar-refractivity contribution in [3.8, 4) is 17.0 Å². The van der Waals surface area contributed by atoms with Gasteiger partial charge >= 0.3 is 12.4 Å². The second kappa shape index (κ2) is 7.90. The molecule has 0 atom stereocenters. The van der Waals surface area contributed by atoms with Gasteiger partial charge in [0.05, 0.1) is 17.4 Å². The van der Waals surface area contributed by atoms with E-state index >= 15 is 0 Å². The smallest absolute Gasteiger partial charge is 0.406 e. The van der Waals surface area contributed by atoms with Gasteiger partial charge in [-0.25, -0.2) is 9.78 Å². The number of nitrogen functional groups attached to an aromatic ring is 1. The Bertz CT molecular complexity index is 1220. The van der Waals surface area contributed by atoms with Crippen LogP contribution in [-0.4, -0.2) is 21.8 Å². The van der Waals surface area contributed by atoms with Crippen LogP contribution < -0.4 is 21.1 Å². The molecule has 4 aromatic rings. The number of hydrogen-bond acceptors (Lipinski definition) is 4. The third kappa shape index (κ3) is 4.69. The van der Waals surface area contributed by atoms with Gasteiger partial charge in [0.2, 0.25) is 5.95 Å². The monoisotopic (exact) mass is 427 g/mol. The average molecular weight is 427 g/mol. The number of nitrogens with zero attached hydrogens (tertiary/aromatic N) is 2. The molecular formula is C21H16F3N5O2. The van der Waals surface area contributed by atoms with E-state index in [1.807, 2.05) is 34.7 Å². The molecule has 158 valence electrons. The Morgan fingerprint density at radius 1 is 0.935 bits per heavy atom. The summed E-state index contributed by atoms with van der Waals surface area (Å²) < 4.78 is 42.2. The Balaban J connectivity index is 1.42. The second-order valence-electron chi connectivity index (χ2n) is 6.52. The molecule has 0 aliphatic rings. The summed E-state index contributed by atoms with van der Waals surface area (Å²) in [7, 11) is 0. The molecular weight excluding hydrogens is 411 g/mol. The first-order valence-electron chi connectivity index (χ1n) is 9.05. The first kappa shape index (κ1) is 20.1. The van der Waals surface area contributed by atoms with E-state index in [1.54, 1.807) is 18.3 Å². The number of rotatable bonds is 4. The predicted molar refractivity (Wildman–Crippen MR) is 111 cm³/mol. The molecule has 0 bridgehead atoms. The topological polar surface area (TPSA) is 93.7 Å². The van der Waals surface area contributed by atoms with Crippen LogP contribution in [0.3, 0.4) is 0 Å². The largest absolute Gasteiger partial charge is 0.573 e. The molecule has 0 aliphatic heterocycles. The number of amides is 2. The highest BCUT2D eigenvalue weighted by atomic mass is 19.4. The zero-order valence-corrected chi connectivity index (χ0v) is 15.9. The maximum absolute atomic E-state index is 12.2. The van der Waals surface area contributed by atoms with Crippen LogP contribution in [0, 0.1) is 0 Å². The molecule has 0 fully saturated rings. The van der Waals surface area contributed by atoms with Crippen molar-refractivity contribution in [2.75, 3.05) is 16.4 Å². The van der Waals surface area contributed by atoms with Crippen molar-refractivity contribution in [1.82, 2.24) is 9.38 Å². The van der Waals surface area contributed by atoms with Crippen molar-refractivity contribution in [2.24, 2.45) is 0 Å². The van der Waals surface area contributed by atoms with Gasteiger partial charge in [-0.05, 0) is 54.1 Å². The van der Waals surface area contributed by atoms with Crippen molar-refractivity contribution in [3.63, 3.8) is 0 Å². The number of alkyl halides is 3. The Morgan fingerprint density at radius 3 is 2.16 bits per heavy atom. The molecule has 0 saturated carbocycles. The Kier molecular flexibility index (Phi) is 5.12. The van der Waals surface area contributed by atoms with Gasteiger partial charge in [0.1, 0.15) is 5.75 Å². The molecule has 0 spiro atoms. The number of nitrogens with two attached hydrogens (primary N) is 1.